The number of benzene rings is 1. The van der Waals surface area contributed by atoms with Crippen LogP contribution in [0.3, 0.4) is 0 Å². The van der Waals surface area contributed by atoms with Gasteiger partial charge in [-0.15, -0.1) is 22.7 Å². The first kappa shape index (κ1) is 17.7. The lowest BCUT2D eigenvalue weighted by Crippen LogP contribution is -2.20. The van der Waals surface area contributed by atoms with Crippen LogP contribution in [0.1, 0.15) is 39.0 Å². The number of aromatic nitrogens is 2. The van der Waals surface area contributed by atoms with E-state index in [1.54, 1.807) is 0 Å². The molecule has 2 aromatic heterocycles. The zero-order chi connectivity index (χ0) is 19.0. The Balaban J connectivity index is 1.46. The van der Waals surface area contributed by atoms with Crippen molar-refractivity contribution in [2.24, 2.45) is 0 Å². The molecule has 1 aromatic carbocycles. The van der Waals surface area contributed by atoms with Crippen molar-refractivity contribution in [2.45, 2.75) is 25.7 Å². The molecule has 0 saturated heterocycles. The molecule has 1 aliphatic carbocycles. The van der Waals surface area contributed by atoms with E-state index >= 15 is 0 Å². The predicted octanol–water partition coefficient (Wildman–Crippen LogP) is 3.97. The summed E-state index contributed by atoms with van der Waals surface area (Å²) in [4.78, 5) is 34.5. The van der Waals surface area contributed by atoms with E-state index in [1.165, 1.54) is 46.9 Å². The van der Waals surface area contributed by atoms with Gasteiger partial charge in [0.2, 0.25) is 5.91 Å². The summed E-state index contributed by atoms with van der Waals surface area (Å²) in [6.45, 7) is 1.87. The van der Waals surface area contributed by atoms with Gasteiger partial charge in [-0.25, -0.2) is 14.4 Å². The second-order valence-electron chi connectivity index (χ2n) is 6.16. The van der Waals surface area contributed by atoms with E-state index in [4.69, 9.17) is 0 Å². The molecule has 6 nitrogen and oxygen atoms in total. The molecule has 4 rings (SSSR count). The molecule has 0 bridgehead atoms. The molecule has 0 radical (unpaired) electrons. The number of anilines is 2. The Morgan fingerprint density at radius 1 is 1.15 bits per heavy atom. The third-order valence-corrected chi connectivity index (χ3v) is 6.13. The van der Waals surface area contributed by atoms with Gasteiger partial charge in [-0.1, -0.05) is 0 Å². The van der Waals surface area contributed by atoms with Crippen LogP contribution in [0.4, 0.5) is 14.7 Å². The lowest BCUT2D eigenvalue weighted by Gasteiger charge is -2.08. The van der Waals surface area contributed by atoms with Crippen molar-refractivity contribution < 1.29 is 14.0 Å². The normalized spacial score (nSPS) is 15.4. The smallest absolute Gasteiger partial charge is 0.257 e. The van der Waals surface area contributed by atoms with E-state index < -0.39 is 5.82 Å². The molecule has 2 amide bonds. The minimum absolute atomic E-state index is 0.134. The number of halogens is 1. The second-order valence-corrected chi connectivity index (χ2v) is 8.10. The zero-order valence-electron chi connectivity index (χ0n) is 14.3. The van der Waals surface area contributed by atoms with E-state index in [1.807, 2.05) is 12.3 Å². The van der Waals surface area contributed by atoms with Crippen LogP contribution >= 0.6 is 22.7 Å². The van der Waals surface area contributed by atoms with E-state index in [9.17, 15) is 14.0 Å². The predicted molar refractivity (Wildman–Crippen MR) is 103 cm³/mol. The van der Waals surface area contributed by atoms with Crippen LogP contribution in [0.2, 0.25) is 0 Å². The number of hydrogen-bond acceptors (Lipinski definition) is 6. The zero-order valence-corrected chi connectivity index (χ0v) is 15.9. The van der Waals surface area contributed by atoms with Crippen LogP contribution in [-0.2, 0) is 11.2 Å². The van der Waals surface area contributed by atoms with Crippen molar-refractivity contribution in [1.82, 2.24) is 9.97 Å². The van der Waals surface area contributed by atoms with Gasteiger partial charge in [-0.3, -0.25) is 14.9 Å². The minimum Gasteiger partial charge on any atom is -0.301 e. The molecular formula is C18H15FN4O2S2. The molecule has 0 fully saturated rings. The maximum Gasteiger partial charge on any atom is 0.257 e. The number of fused-ring (bicyclic) bond motifs is 1. The van der Waals surface area contributed by atoms with Gasteiger partial charge in [0.25, 0.3) is 5.91 Å². The molecule has 1 unspecified atom stereocenters. The van der Waals surface area contributed by atoms with E-state index in [0.29, 0.717) is 27.9 Å². The molecule has 1 atom stereocenters. The highest BCUT2D eigenvalue weighted by atomic mass is 32.1. The van der Waals surface area contributed by atoms with Gasteiger partial charge in [0.05, 0.1) is 17.3 Å². The highest BCUT2D eigenvalue weighted by Gasteiger charge is 2.33. The first-order valence-electron chi connectivity index (χ1n) is 8.29. The van der Waals surface area contributed by atoms with Crippen LogP contribution in [0, 0.1) is 12.7 Å². The molecule has 1 aliphatic rings. The van der Waals surface area contributed by atoms with Crippen LogP contribution in [0.25, 0.3) is 0 Å². The van der Waals surface area contributed by atoms with Crippen LogP contribution in [-0.4, -0.2) is 21.8 Å². The lowest BCUT2D eigenvalue weighted by molar-refractivity contribution is -0.117. The summed E-state index contributed by atoms with van der Waals surface area (Å²) in [5.41, 5.74) is 1.92. The Morgan fingerprint density at radius 2 is 1.93 bits per heavy atom. The molecule has 0 saturated carbocycles. The summed E-state index contributed by atoms with van der Waals surface area (Å²) in [7, 11) is 0. The van der Waals surface area contributed by atoms with Gasteiger partial charge < -0.3 is 5.32 Å². The Bertz CT molecular complexity index is 1010. The molecule has 9 heteroatoms. The molecule has 0 aliphatic heterocycles. The van der Waals surface area contributed by atoms with E-state index in [2.05, 4.69) is 20.6 Å². The average molecular weight is 402 g/mol. The fraction of sp³-hybridized carbons (Fsp3) is 0.222. The average Bonchev–Trinajstić information content (AvgIpc) is 3.31. The quantitative estimate of drug-likeness (QED) is 0.692. The number of nitrogens with zero attached hydrogens (tertiary/aromatic N) is 2. The maximum atomic E-state index is 13.0. The number of carbonyl (C=O) groups excluding carboxylic acids is 2. The topological polar surface area (TPSA) is 84.0 Å². The molecule has 3 aromatic rings. The van der Waals surface area contributed by atoms with Gasteiger partial charge >= 0.3 is 0 Å². The minimum atomic E-state index is -0.399. The van der Waals surface area contributed by atoms with Crippen LogP contribution < -0.4 is 10.6 Å². The lowest BCUT2D eigenvalue weighted by atomic mass is 10.1. The Labute approximate surface area is 162 Å². The largest absolute Gasteiger partial charge is 0.301 e. The van der Waals surface area contributed by atoms with Crippen LogP contribution in [0.15, 0.2) is 29.6 Å². The first-order valence-corrected chi connectivity index (χ1v) is 9.99. The molecule has 2 N–H and O–H groups in total. The van der Waals surface area contributed by atoms with Crippen LogP contribution in [0.5, 0.6) is 0 Å². The van der Waals surface area contributed by atoms with Crippen molar-refractivity contribution >= 4 is 44.8 Å². The van der Waals surface area contributed by atoms with E-state index in [-0.39, 0.29) is 17.7 Å². The summed E-state index contributed by atoms with van der Waals surface area (Å²) >= 11 is 2.76. The SMILES string of the molecule is Cc1csc(NC(=O)C2CCc3sc(NC(=O)c4ccc(F)cc4)nc32)n1. The highest BCUT2D eigenvalue weighted by molar-refractivity contribution is 7.16. The van der Waals surface area contributed by atoms with Gasteiger partial charge in [0.15, 0.2) is 10.3 Å². The van der Waals surface area contributed by atoms with Crippen molar-refractivity contribution in [1.29, 1.82) is 0 Å². The van der Waals surface area contributed by atoms with Gasteiger partial charge in [-0.05, 0) is 44.0 Å². The fourth-order valence-electron chi connectivity index (χ4n) is 2.91. The van der Waals surface area contributed by atoms with Crippen molar-refractivity contribution in [3.8, 4) is 0 Å². The van der Waals surface area contributed by atoms with Crippen molar-refractivity contribution in [2.75, 3.05) is 10.6 Å². The summed E-state index contributed by atoms with van der Waals surface area (Å²) in [5.74, 6) is -1.24. The second kappa shape index (κ2) is 7.16. The Hall–Kier alpha value is -2.65. The van der Waals surface area contributed by atoms with Crippen molar-refractivity contribution in [3.63, 3.8) is 0 Å². The number of rotatable bonds is 4. The number of amides is 2. The molecule has 0 spiro atoms. The maximum absolute atomic E-state index is 13.0. The van der Waals surface area contributed by atoms with Gasteiger partial charge in [0, 0.05) is 15.8 Å². The standard InChI is InChI=1S/C18H15FN4O2S2/c1-9-8-26-17(20-9)23-16(25)12-6-7-13-14(12)21-18(27-13)22-15(24)10-2-4-11(19)5-3-10/h2-5,8,12H,6-7H2,1H3,(H,20,23,25)(H,21,22,24). The Kier molecular flexibility index (Phi) is 4.71. The van der Waals surface area contributed by atoms with E-state index in [0.717, 1.165) is 17.0 Å². The third kappa shape index (κ3) is 3.74. The molecule has 2 heterocycles. The third-order valence-electron chi connectivity index (χ3n) is 4.21. The summed E-state index contributed by atoms with van der Waals surface area (Å²) < 4.78 is 13.0. The summed E-state index contributed by atoms with van der Waals surface area (Å²) in [6, 6.07) is 5.30. The highest BCUT2D eigenvalue weighted by Crippen LogP contribution is 2.39. The number of aryl methyl sites for hydroxylation is 2. The van der Waals surface area contributed by atoms with Gasteiger partial charge in [-0.2, -0.15) is 0 Å². The van der Waals surface area contributed by atoms with Gasteiger partial charge in [0.1, 0.15) is 5.82 Å². The number of carbonyl (C=O) groups is 2. The molecular weight excluding hydrogens is 387 g/mol. The number of thiazole rings is 2. The Morgan fingerprint density at radius 3 is 2.63 bits per heavy atom. The molecule has 27 heavy (non-hydrogen) atoms. The molecule has 138 valence electrons. The van der Waals surface area contributed by atoms with Crippen molar-refractivity contribution in [3.05, 3.63) is 57.3 Å². The summed E-state index contributed by atoms with van der Waals surface area (Å²) in [5, 5.41) is 8.45. The monoisotopic (exact) mass is 402 g/mol. The summed E-state index contributed by atoms with van der Waals surface area (Å²) in [6.07, 6.45) is 1.44. The number of hydrogen-bond donors (Lipinski definition) is 2. The number of nitrogens with one attached hydrogen (secondary N) is 2. The fourth-order valence-corrected chi connectivity index (χ4v) is 4.63. The first-order chi connectivity index (χ1) is 13.0.